The molecule has 4 nitrogen and oxygen atoms in total. The molecule has 4 heteroatoms. The number of methoxy groups -OCH3 is 2. The van der Waals surface area contributed by atoms with Crippen molar-refractivity contribution in [2.75, 3.05) is 26.1 Å². The van der Waals surface area contributed by atoms with Gasteiger partial charge in [0.15, 0.2) is 0 Å². The topological polar surface area (TPSA) is 39.7 Å². The molecule has 22 heavy (non-hydrogen) atoms. The fraction of sp³-hybridized carbons (Fsp3) is 0.333. The molecule has 0 saturated heterocycles. The highest BCUT2D eigenvalue weighted by molar-refractivity contribution is 5.59. The van der Waals surface area contributed by atoms with Crippen LogP contribution in [0, 0.1) is 6.92 Å². The van der Waals surface area contributed by atoms with Gasteiger partial charge in [-0.2, -0.15) is 0 Å². The van der Waals surface area contributed by atoms with Crippen molar-refractivity contribution >= 4 is 5.69 Å². The Hall–Kier alpha value is -2.36. The van der Waals surface area contributed by atoms with Gasteiger partial charge in [-0.25, -0.2) is 0 Å². The van der Waals surface area contributed by atoms with Gasteiger partial charge in [-0.05, 0) is 37.6 Å². The summed E-state index contributed by atoms with van der Waals surface area (Å²) in [4.78, 5) is 0. The van der Waals surface area contributed by atoms with E-state index < -0.39 is 0 Å². The second kappa shape index (κ2) is 7.59. The summed E-state index contributed by atoms with van der Waals surface area (Å²) in [6, 6.07) is 13.7. The molecule has 1 atom stereocenters. The number of ether oxygens (including phenoxy) is 3. The molecule has 0 bridgehead atoms. The highest BCUT2D eigenvalue weighted by Gasteiger charge is 2.09. The first-order valence-electron chi connectivity index (χ1n) is 7.32. The Morgan fingerprint density at radius 3 is 2.45 bits per heavy atom. The summed E-state index contributed by atoms with van der Waals surface area (Å²) in [6.45, 7) is 4.74. The number of hydrogen-bond acceptors (Lipinski definition) is 4. The molecule has 0 heterocycles. The van der Waals surface area contributed by atoms with Crippen molar-refractivity contribution < 1.29 is 14.2 Å². The Balaban J connectivity index is 1.99. The molecular weight excluding hydrogens is 278 g/mol. The van der Waals surface area contributed by atoms with Crippen LogP contribution in [0.15, 0.2) is 42.5 Å². The van der Waals surface area contributed by atoms with Gasteiger partial charge in [0.05, 0.1) is 26.5 Å². The van der Waals surface area contributed by atoms with Crippen LogP contribution in [0.3, 0.4) is 0 Å². The standard InChI is InChI=1S/C18H23NO3/c1-13-7-5-6-8-17(13)22-14(2)12-19-16-11-15(20-3)9-10-18(16)21-4/h5-11,14,19H,12H2,1-4H3. The number of aryl methyl sites for hydroxylation is 1. The Morgan fingerprint density at radius 2 is 1.77 bits per heavy atom. The molecule has 118 valence electrons. The molecule has 0 amide bonds. The minimum absolute atomic E-state index is 0.0250. The van der Waals surface area contributed by atoms with Crippen molar-refractivity contribution in [3.8, 4) is 17.2 Å². The van der Waals surface area contributed by atoms with Crippen LogP contribution < -0.4 is 19.5 Å². The van der Waals surface area contributed by atoms with Crippen LogP contribution in [-0.2, 0) is 0 Å². The minimum Gasteiger partial charge on any atom is -0.497 e. The molecule has 0 fully saturated rings. The second-order valence-electron chi connectivity index (χ2n) is 5.14. The third-order valence-corrected chi connectivity index (χ3v) is 3.41. The van der Waals surface area contributed by atoms with Gasteiger partial charge in [0, 0.05) is 6.07 Å². The largest absolute Gasteiger partial charge is 0.497 e. The average molecular weight is 301 g/mol. The van der Waals surface area contributed by atoms with Gasteiger partial charge >= 0.3 is 0 Å². The first kappa shape index (κ1) is 16.0. The van der Waals surface area contributed by atoms with Crippen LogP contribution in [0.5, 0.6) is 17.2 Å². The molecule has 1 N–H and O–H groups in total. The number of nitrogens with one attached hydrogen (secondary N) is 1. The van der Waals surface area contributed by atoms with Gasteiger partial charge < -0.3 is 19.5 Å². The molecule has 0 aromatic heterocycles. The van der Waals surface area contributed by atoms with Crippen molar-refractivity contribution in [3.05, 3.63) is 48.0 Å². The molecular formula is C18H23NO3. The number of rotatable bonds is 7. The number of para-hydroxylation sites is 1. The molecule has 2 aromatic carbocycles. The third-order valence-electron chi connectivity index (χ3n) is 3.41. The molecule has 0 aliphatic heterocycles. The summed E-state index contributed by atoms with van der Waals surface area (Å²) in [7, 11) is 3.30. The normalized spacial score (nSPS) is 11.6. The molecule has 0 radical (unpaired) electrons. The van der Waals surface area contributed by atoms with Gasteiger partial charge in [0.25, 0.3) is 0 Å². The number of hydrogen-bond donors (Lipinski definition) is 1. The SMILES string of the molecule is COc1ccc(OC)c(NCC(C)Oc2ccccc2C)c1. The first-order chi connectivity index (χ1) is 10.6. The zero-order valence-electron chi connectivity index (χ0n) is 13.6. The lowest BCUT2D eigenvalue weighted by Gasteiger charge is -2.19. The lowest BCUT2D eigenvalue weighted by molar-refractivity contribution is 0.233. The number of anilines is 1. The van der Waals surface area contributed by atoms with E-state index in [4.69, 9.17) is 14.2 Å². The Labute approximate surface area is 132 Å². The molecule has 0 spiro atoms. The molecule has 0 aliphatic carbocycles. The van der Waals surface area contributed by atoms with Crippen molar-refractivity contribution in [2.24, 2.45) is 0 Å². The van der Waals surface area contributed by atoms with E-state index in [0.717, 1.165) is 28.5 Å². The van der Waals surface area contributed by atoms with Crippen molar-refractivity contribution in [2.45, 2.75) is 20.0 Å². The molecule has 2 aromatic rings. The van der Waals surface area contributed by atoms with Crippen molar-refractivity contribution in [1.82, 2.24) is 0 Å². The van der Waals surface area contributed by atoms with E-state index in [1.807, 2.05) is 56.3 Å². The highest BCUT2D eigenvalue weighted by atomic mass is 16.5. The smallest absolute Gasteiger partial charge is 0.142 e. The van der Waals surface area contributed by atoms with Crippen LogP contribution >= 0.6 is 0 Å². The lowest BCUT2D eigenvalue weighted by Crippen LogP contribution is -2.23. The van der Waals surface area contributed by atoms with E-state index in [9.17, 15) is 0 Å². The molecule has 0 saturated carbocycles. The van der Waals surface area contributed by atoms with Crippen LogP contribution in [-0.4, -0.2) is 26.9 Å². The molecule has 0 aliphatic rings. The predicted octanol–water partition coefficient (Wildman–Crippen LogP) is 3.89. The van der Waals surface area contributed by atoms with Crippen LogP contribution in [0.1, 0.15) is 12.5 Å². The monoisotopic (exact) mass is 301 g/mol. The summed E-state index contributed by atoms with van der Waals surface area (Å²) < 4.78 is 16.6. The first-order valence-corrected chi connectivity index (χ1v) is 7.32. The molecule has 2 rings (SSSR count). The summed E-state index contributed by atoms with van der Waals surface area (Å²) in [5, 5.41) is 3.35. The maximum Gasteiger partial charge on any atom is 0.142 e. The van der Waals surface area contributed by atoms with Crippen molar-refractivity contribution in [3.63, 3.8) is 0 Å². The third kappa shape index (κ3) is 4.07. The van der Waals surface area contributed by atoms with E-state index in [-0.39, 0.29) is 6.10 Å². The highest BCUT2D eigenvalue weighted by Crippen LogP contribution is 2.29. The van der Waals surface area contributed by atoms with Gasteiger partial charge in [0.1, 0.15) is 23.4 Å². The Kier molecular flexibility index (Phi) is 5.53. The van der Waals surface area contributed by atoms with Gasteiger partial charge in [0.2, 0.25) is 0 Å². The Bertz CT molecular complexity index is 613. The van der Waals surface area contributed by atoms with E-state index in [1.54, 1.807) is 14.2 Å². The lowest BCUT2D eigenvalue weighted by atomic mass is 10.2. The van der Waals surface area contributed by atoms with Gasteiger partial charge in [-0.15, -0.1) is 0 Å². The van der Waals surface area contributed by atoms with Crippen molar-refractivity contribution in [1.29, 1.82) is 0 Å². The Morgan fingerprint density at radius 1 is 1.00 bits per heavy atom. The van der Waals surface area contributed by atoms with E-state index in [2.05, 4.69) is 5.32 Å². The van der Waals surface area contributed by atoms with E-state index in [1.165, 1.54) is 0 Å². The predicted molar refractivity (Wildman–Crippen MR) is 89.3 cm³/mol. The van der Waals surface area contributed by atoms with Gasteiger partial charge in [-0.1, -0.05) is 18.2 Å². The maximum atomic E-state index is 5.96. The molecule has 1 unspecified atom stereocenters. The minimum atomic E-state index is 0.0250. The van der Waals surface area contributed by atoms with Crippen LogP contribution in [0.25, 0.3) is 0 Å². The average Bonchev–Trinajstić information content (AvgIpc) is 2.54. The summed E-state index contributed by atoms with van der Waals surface area (Å²) in [5.41, 5.74) is 2.02. The summed E-state index contributed by atoms with van der Waals surface area (Å²) in [5.74, 6) is 2.48. The van der Waals surface area contributed by atoms with Crippen LogP contribution in [0.2, 0.25) is 0 Å². The zero-order valence-corrected chi connectivity index (χ0v) is 13.6. The summed E-state index contributed by atoms with van der Waals surface area (Å²) in [6.07, 6.45) is 0.0250. The fourth-order valence-electron chi connectivity index (χ4n) is 2.15. The fourth-order valence-corrected chi connectivity index (χ4v) is 2.15. The number of benzene rings is 2. The maximum absolute atomic E-state index is 5.96. The van der Waals surface area contributed by atoms with E-state index in [0.29, 0.717) is 6.54 Å². The zero-order chi connectivity index (χ0) is 15.9. The second-order valence-corrected chi connectivity index (χ2v) is 5.14. The summed E-state index contributed by atoms with van der Waals surface area (Å²) >= 11 is 0. The van der Waals surface area contributed by atoms with Gasteiger partial charge in [-0.3, -0.25) is 0 Å². The quantitative estimate of drug-likeness (QED) is 0.842. The van der Waals surface area contributed by atoms with E-state index >= 15 is 0 Å². The van der Waals surface area contributed by atoms with Crippen LogP contribution in [0.4, 0.5) is 5.69 Å².